The zero-order valence-electron chi connectivity index (χ0n) is 10.5. The summed E-state index contributed by atoms with van der Waals surface area (Å²) in [6.45, 7) is 4.77. The second-order valence-corrected chi connectivity index (χ2v) is 4.45. The van der Waals surface area contributed by atoms with Crippen molar-refractivity contribution in [3.63, 3.8) is 0 Å². The molecule has 98 valence electrons. The van der Waals surface area contributed by atoms with Crippen molar-refractivity contribution in [1.29, 1.82) is 0 Å². The van der Waals surface area contributed by atoms with E-state index in [1.807, 2.05) is 6.07 Å². The largest absolute Gasteiger partial charge is 0.370 e. The van der Waals surface area contributed by atoms with Crippen LogP contribution in [0.4, 0.5) is 5.95 Å². The van der Waals surface area contributed by atoms with Crippen LogP contribution in [0.3, 0.4) is 0 Å². The molecule has 1 aliphatic heterocycles. The summed E-state index contributed by atoms with van der Waals surface area (Å²) in [7, 11) is 0. The van der Waals surface area contributed by atoms with Crippen LogP contribution in [0, 0.1) is 0 Å². The van der Waals surface area contributed by atoms with Crippen molar-refractivity contribution in [2.24, 2.45) is 5.73 Å². The maximum atomic E-state index is 10.7. The fraction of sp³-hybridized carbons (Fsp3) is 0.583. The van der Waals surface area contributed by atoms with Gasteiger partial charge in [-0.3, -0.25) is 9.69 Å². The fourth-order valence-corrected chi connectivity index (χ4v) is 2.10. The van der Waals surface area contributed by atoms with Gasteiger partial charge in [-0.2, -0.15) is 0 Å². The Morgan fingerprint density at radius 3 is 2.50 bits per heavy atom. The van der Waals surface area contributed by atoms with Crippen molar-refractivity contribution in [3.05, 3.63) is 18.5 Å². The number of hydrogen-bond donors (Lipinski definition) is 1. The average Bonchev–Trinajstić information content (AvgIpc) is 2.40. The number of nitrogens with two attached hydrogens (primary N) is 1. The van der Waals surface area contributed by atoms with E-state index in [0.29, 0.717) is 6.42 Å². The first kappa shape index (κ1) is 12.8. The van der Waals surface area contributed by atoms with Crippen molar-refractivity contribution < 1.29 is 4.79 Å². The number of aromatic nitrogens is 2. The lowest BCUT2D eigenvalue weighted by Gasteiger charge is -2.34. The van der Waals surface area contributed by atoms with Gasteiger partial charge < -0.3 is 10.6 Å². The molecule has 2 rings (SSSR count). The van der Waals surface area contributed by atoms with Gasteiger partial charge >= 0.3 is 0 Å². The molecule has 1 amide bonds. The predicted octanol–water partition coefficient (Wildman–Crippen LogP) is -0.136. The molecule has 0 unspecified atom stereocenters. The molecule has 0 spiro atoms. The van der Waals surface area contributed by atoms with E-state index in [0.717, 1.165) is 45.1 Å². The molecule has 1 saturated heterocycles. The number of carbonyl (C=O) groups excluding carboxylic acids is 1. The van der Waals surface area contributed by atoms with Crippen LogP contribution >= 0.6 is 0 Å². The maximum Gasteiger partial charge on any atom is 0.225 e. The molecule has 0 atom stereocenters. The van der Waals surface area contributed by atoms with Crippen LogP contribution in [0.2, 0.25) is 0 Å². The van der Waals surface area contributed by atoms with Crippen LogP contribution in [0.25, 0.3) is 0 Å². The SMILES string of the molecule is NC(=O)CCCN1CCN(c2ncccn2)CC1. The molecule has 1 aromatic rings. The van der Waals surface area contributed by atoms with Crippen molar-refractivity contribution in [2.45, 2.75) is 12.8 Å². The lowest BCUT2D eigenvalue weighted by atomic mass is 10.2. The molecule has 0 aromatic carbocycles. The highest BCUT2D eigenvalue weighted by atomic mass is 16.1. The Balaban J connectivity index is 1.73. The van der Waals surface area contributed by atoms with Gasteiger partial charge in [-0.15, -0.1) is 0 Å². The Labute approximate surface area is 107 Å². The zero-order chi connectivity index (χ0) is 12.8. The van der Waals surface area contributed by atoms with E-state index >= 15 is 0 Å². The van der Waals surface area contributed by atoms with E-state index in [9.17, 15) is 4.79 Å². The fourth-order valence-electron chi connectivity index (χ4n) is 2.10. The lowest BCUT2D eigenvalue weighted by molar-refractivity contribution is -0.118. The van der Waals surface area contributed by atoms with Crippen LogP contribution in [0.15, 0.2) is 18.5 Å². The van der Waals surface area contributed by atoms with Gasteiger partial charge in [-0.05, 0) is 19.0 Å². The number of amides is 1. The van der Waals surface area contributed by atoms with Gasteiger partial charge in [0.25, 0.3) is 0 Å². The minimum absolute atomic E-state index is 0.216. The molecule has 6 heteroatoms. The number of primary amides is 1. The summed E-state index contributed by atoms with van der Waals surface area (Å²) >= 11 is 0. The monoisotopic (exact) mass is 249 g/mol. The number of hydrogen-bond acceptors (Lipinski definition) is 5. The molecule has 2 heterocycles. The third-order valence-electron chi connectivity index (χ3n) is 3.10. The van der Waals surface area contributed by atoms with Crippen molar-refractivity contribution in [1.82, 2.24) is 14.9 Å². The third kappa shape index (κ3) is 3.66. The van der Waals surface area contributed by atoms with Crippen LogP contribution in [0.1, 0.15) is 12.8 Å². The molecule has 0 bridgehead atoms. The van der Waals surface area contributed by atoms with Gasteiger partial charge in [0, 0.05) is 45.0 Å². The van der Waals surface area contributed by atoms with Gasteiger partial charge in [0.1, 0.15) is 0 Å². The van der Waals surface area contributed by atoms with Crippen LogP contribution in [-0.4, -0.2) is 53.5 Å². The van der Waals surface area contributed by atoms with E-state index in [2.05, 4.69) is 19.8 Å². The first-order valence-corrected chi connectivity index (χ1v) is 6.28. The lowest BCUT2D eigenvalue weighted by Crippen LogP contribution is -2.47. The Morgan fingerprint density at radius 2 is 1.89 bits per heavy atom. The first-order chi connectivity index (χ1) is 8.75. The predicted molar refractivity (Wildman–Crippen MR) is 69.1 cm³/mol. The van der Waals surface area contributed by atoms with Crippen molar-refractivity contribution in [2.75, 3.05) is 37.6 Å². The summed E-state index contributed by atoms with van der Waals surface area (Å²) < 4.78 is 0. The van der Waals surface area contributed by atoms with E-state index in [1.165, 1.54) is 0 Å². The normalized spacial score (nSPS) is 16.8. The summed E-state index contributed by atoms with van der Waals surface area (Å²) in [6.07, 6.45) is 4.85. The highest BCUT2D eigenvalue weighted by molar-refractivity contribution is 5.73. The van der Waals surface area contributed by atoms with Crippen LogP contribution < -0.4 is 10.6 Å². The minimum atomic E-state index is -0.216. The first-order valence-electron chi connectivity index (χ1n) is 6.28. The minimum Gasteiger partial charge on any atom is -0.370 e. The van der Waals surface area contributed by atoms with Gasteiger partial charge in [0.2, 0.25) is 11.9 Å². The zero-order valence-corrected chi connectivity index (χ0v) is 10.5. The van der Waals surface area contributed by atoms with Gasteiger partial charge in [0.05, 0.1) is 0 Å². The van der Waals surface area contributed by atoms with Crippen molar-refractivity contribution in [3.8, 4) is 0 Å². The highest BCUT2D eigenvalue weighted by Gasteiger charge is 2.18. The molecular formula is C12H19N5O. The Hall–Kier alpha value is -1.69. The molecule has 1 aliphatic rings. The number of anilines is 1. The van der Waals surface area contributed by atoms with Gasteiger partial charge in [-0.25, -0.2) is 9.97 Å². The molecule has 0 saturated carbocycles. The van der Waals surface area contributed by atoms with Gasteiger partial charge in [-0.1, -0.05) is 0 Å². The molecule has 18 heavy (non-hydrogen) atoms. The Bertz CT molecular complexity index is 375. The maximum absolute atomic E-state index is 10.7. The Morgan fingerprint density at radius 1 is 1.22 bits per heavy atom. The van der Waals surface area contributed by atoms with Crippen LogP contribution in [-0.2, 0) is 4.79 Å². The van der Waals surface area contributed by atoms with Crippen molar-refractivity contribution >= 4 is 11.9 Å². The average molecular weight is 249 g/mol. The quantitative estimate of drug-likeness (QED) is 0.786. The smallest absolute Gasteiger partial charge is 0.225 e. The molecule has 0 aliphatic carbocycles. The third-order valence-corrected chi connectivity index (χ3v) is 3.10. The second kappa shape index (κ2) is 6.30. The Kier molecular flexibility index (Phi) is 4.46. The van der Waals surface area contributed by atoms with Gasteiger partial charge in [0.15, 0.2) is 0 Å². The van der Waals surface area contributed by atoms with E-state index in [-0.39, 0.29) is 5.91 Å². The summed E-state index contributed by atoms with van der Waals surface area (Å²) in [5.74, 6) is 0.584. The topological polar surface area (TPSA) is 75.4 Å². The highest BCUT2D eigenvalue weighted by Crippen LogP contribution is 2.09. The standard InChI is InChI=1S/C12H19N5O/c13-11(18)3-1-6-16-7-9-17(10-8-16)12-14-4-2-5-15-12/h2,4-5H,1,3,6-10H2,(H2,13,18). The summed E-state index contributed by atoms with van der Waals surface area (Å²) in [6, 6.07) is 1.82. The molecule has 1 fully saturated rings. The molecular weight excluding hydrogens is 230 g/mol. The second-order valence-electron chi connectivity index (χ2n) is 4.45. The number of rotatable bonds is 5. The molecule has 0 radical (unpaired) electrons. The van der Waals surface area contributed by atoms with Crippen LogP contribution in [0.5, 0.6) is 0 Å². The molecule has 1 aromatic heterocycles. The van der Waals surface area contributed by atoms with E-state index in [4.69, 9.17) is 5.73 Å². The summed E-state index contributed by atoms with van der Waals surface area (Å²) in [5, 5.41) is 0. The number of carbonyl (C=O) groups is 1. The van der Waals surface area contributed by atoms with E-state index < -0.39 is 0 Å². The molecule has 6 nitrogen and oxygen atoms in total. The summed E-state index contributed by atoms with van der Waals surface area (Å²) in [5.41, 5.74) is 5.12. The summed E-state index contributed by atoms with van der Waals surface area (Å²) in [4.78, 5) is 23.7. The van der Waals surface area contributed by atoms with E-state index in [1.54, 1.807) is 12.4 Å². The number of nitrogens with zero attached hydrogens (tertiary/aromatic N) is 4. The molecule has 2 N–H and O–H groups in total. The number of piperazine rings is 1.